The van der Waals surface area contributed by atoms with Gasteiger partial charge in [-0.25, -0.2) is 28.1 Å². The third-order valence-corrected chi connectivity index (χ3v) is 8.87. The van der Waals surface area contributed by atoms with Crippen molar-refractivity contribution in [3.63, 3.8) is 0 Å². The summed E-state index contributed by atoms with van der Waals surface area (Å²) >= 11 is 0. The third kappa shape index (κ3) is 5.27. The van der Waals surface area contributed by atoms with Crippen molar-refractivity contribution in [2.45, 2.75) is 42.3 Å². The van der Waals surface area contributed by atoms with E-state index in [2.05, 4.69) is 30.4 Å². The molecule has 6 rings (SSSR count). The van der Waals surface area contributed by atoms with Crippen molar-refractivity contribution in [2.24, 2.45) is 0 Å². The molecule has 0 amide bonds. The van der Waals surface area contributed by atoms with Gasteiger partial charge in [0.25, 0.3) is 0 Å². The molecule has 1 aliphatic carbocycles. The number of nitrogens with two attached hydrogens (primary N) is 1. The quantitative estimate of drug-likeness (QED) is 0.243. The van der Waals surface area contributed by atoms with E-state index < -0.39 is 21.6 Å². The first-order valence-corrected chi connectivity index (χ1v) is 15.4. The van der Waals surface area contributed by atoms with E-state index in [1.165, 1.54) is 25.6 Å². The van der Waals surface area contributed by atoms with Crippen LogP contribution < -0.4 is 15.8 Å². The molecule has 44 heavy (non-hydrogen) atoms. The van der Waals surface area contributed by atoms with Gasteiger partial charge in [0.15, 0.2) is 15.7 Å². The lowest BCUT2D eigenvalue weighted by molar-refractivity contribution is -0.151. The number of methoxy groups -OCH3 is 1. The number of nitrogens with zero attached hydrogens (tertiary/aromatic N) is 6. The normalized spacial score (nSPS) is 15.2. The molecule has 0 bridgehead atoms. The number of benzene rings is 2. The zero-order chi connectivity index (χ0) is 31.4. The number of pyridine rings is 1. The summed E-state index contributed by atoms with van der Waals surface area (Å²) in [6.45, 7) is 1.92. The first kappa shape index (κ1) is 29.3. The Kier molecular flexibility index (Phi) is 6.94. The second-order valence-corrected chi connectivity index (χ2v) is 12.7. The lowest BCUT2D eigenvalue weighted by atomic mass is 9.91. The second-order valence-electron chi connectivity index (χ2n) is 10.7. The minimum absolute atomic E-state index is 0.0568. The number of halogens is 3. The molecule has 3 aromatic heterocycles. The molecular weight excluding hydrogens is 597 g/mol. The Morgan fingerprint density at radius 1 is 1.05 bits per heavy atom. The minimum atomic E-state index is -4.53. The number of anilines is 2. The van der Waals surface area contributed by atoms with Gasteiger partial charge in [0.2, 0.25) is 5.95 Å². The molecule has 1 fully saturated rings. The number of fused-ring (bicyclic) bond motifs is 1. The fourth-order valence-electron chi connectivity index (χ4n) is 5.11. The molecule has 5 aromatic rings. The van der Waals surface area contributed by atoms with Crippen molar-refractivity contribution in [3.8, 4) is 22.7 Å². The van der Waals surface area contributed by atoms with Crippen molar-refractivity contribution in [1.82, 2.24) is 29.7 Å². The van der Waals surface area contributed by atoms with Crippen LogP contribution in [-0.2, 0) is 9.84 Å². The molecule has 2 aromatic carbocycles. The minimum Gasteiger partial charge on any atom is -0.495 e. The van der Waals surface area contributed by atoms with Crippen LogP contribution in [0.1, 0.15) is 36.8 Å². The van der Waals surface area contributed by atoms with Crippen LogP contribution in [0.3, 0.4) is 0 Å². The van der Waals surface area contributed by atoms with Crippen LogP contribution in [0.4, 0.5) is 24.9 Å². The molecule has 11 nitrogen and oxygen atoms in total. The molecule has 0 unspecified atom stereocenters. The summed E-state index contributed by atoms with van der Waals surface area (Å²) in [6, 6.07) is 13.8. The highest BCUT2D eigenvalue weighted by atomic mass is 32.2. The van der Waals surface area contributed by atoms with E-state index in [4.69, 9.17) is 10.5 Å². The summed E-state index contributed by atoms with van der Waals surface area (Å²) in [5, 5.41) is 6.71. The highest BCUT2D eigenvalue weighted by Crippen LogP contribution is 2.51. The fraction of sp³-hybridized carbons (Fsp3) is 0.276. The Balaban J connectivity index is 1.55. The van der Waals surface area contributed by atoms with E-state index in [0.717, 1.165) is 17.5 Å². The van der Waals surface area contributed by atoms with Gasteiger partial charge in [-0.3, -0.25) is 0 Å². The largest absolute Gasteiger partial charge is 0.495 e. The lowest BCUT2D eigenvalue weighted by Crippen LogP contribution is -2.39. The predicted molar refractivity (Wildman–Crippen MR) is 157 cm³/mol. The van der Waals surface area contributed by atoms with Crippen molar-refractivity contribution < 1.29 is 26.3 Å². The summed E-state index contributed by atoms with van der Waals surface area (Å²) in [5.74, 6) is -0.573. The summed E-state index contributed by atoms with van der Waals surface area (Å²) in [7, 11) is -2.34. The zero-order valence-electron chi connectivity index (χ0n) is 23.8. The maximum Gasteiger partial charge on any atom is 0.411 e. The van der Waals surface area contributed by atoms with Gasteiger partial charge in [-0.1, -0.05) is 19.1 Å². The van der Waals surface area contributed by atoms with E-state index in [-0.39, 0.29) is 52.2 Å². The molecule has 0 aliphatic heterocycles. The van der Waals surface area contributed by atoms with Crippen molar-refractivity contribution in [3.05, 3.63) is 72.3 Å². The number of aromatic nitrogens is 6. The SMILES string of the molecule is COc1ccc(-c2cc([C@H](C)c3ccc(-n4cncn4)cc3)c3nc(N)nc(NC4(C(F)(F)F)CC4)c3n2)cc1S(C)(=O)=O. The highest BCUT2D eigenvalue weighted by molar-refractivity contribution is 7.90. The molecule has 1 saturated carbocycles. The first-order valence-electron chi connectivity index (χ1n) is 13.5. The molecule has 3 N–H and O–H groups in total. The average molecular weight is 625 g/mol. The monoisotopic (exact) mass is 624 g/mol. The topological polar surface area (TPSA) is 151 Å². The van der Waals surface area contributed by atoms with Gasteiger partial charge >= 0.3 is 6.18 Å². The van der Waals surface area contributed by atoms with E-state index in [0.29, 0.717) is 16.8 Å². The maximum absolute atomic E-state index is 14.0. The molecule has 0 radical (unpaired) electrons. The number of hydrogen-bond acceptors (Lipinski definition) is 10. The van der Waals surface area contributed by atoms with Gasteiger partial charge in [-0.15, -0.1) is 0 Å². The number of nitrogens with one attached hydrogen (secondary N) is 1. The highest BCUT2D eigenvalue weighted by Gasteiger charge is 2.64. The maximum atomic E-state index is 14.0. The number of nitrogen functional groups attached to an aromatic ring is 1. The molecule has 1 atom stereocenters. The molecular formula is C29H27F3N8O3S. The van der Waals surface area contributed by atoms with Gasteiger partial charge in [-0.2, -0.15) is 23.3 Å². The van der Waals surface area contributed by atoms with Crippen LogP contribution in [0.2, 0.25) is 0 Å². The number of ether oxygens (including phenoxy) is 1. The van der Waals surface area contributed by atoms with Crippen LogP contribution in [0.15, 0.2) is 66.1 Å². The average Bonchev–Trinajstić information content (AvgIpc) is 3.58. The van der Waals surface area contributed by atoms with E-state index in [1.54, 1.807) is 23.1 Å². The number of rotatable bonds is 8. The summed E-state index contributed by atoms with van der Waals surface area (Å²) < 4.78 is 73.9. The number of sulfone groups is 1. The number of alkyl halides is 3. The number of hydrogen-bond donors (Lipinski definition) is 2. The van der Waals surface area contributed by atoms with E-state index in [9.17, 15) is 21.6 Å². The van der Waals surface area contributed by atoms with E-state index >= 15 is 0 Å². The summed E-state index contributed by atoms with van der Waals surface area (Å²) in [5.41, 5.74) is 7.19. The smallest absolute Gasteiger partial charge is 0.411 e. The fourth-order valence-corrected chi connectivity index (χ4v) is 5.96. The van der Waals surface area contributed by atoms with Crippen LogP contribution in [0.25, 0.3) is 28.0 Å². The predicted octanol–water partition coefficient (Wildman–Crippen LogP) is 4.93. The Hall–Kier alpha value is -4.79. The summed E-state index contributed by atoms with van der Waals surface area (Å²) in [4.78, 5) is 17.1. The van der Waals surface area contributed by atoms with Crippen LogP contribution in [0, 0.1) is 0 Å². The van der Waals surface area contributed by atoms with Crippen molar-refractivity contribution in [2.75, 3.05) is 24.4 Å². The Bertz CT molecular complexity index is 1980. The zero-order valence-corrected chi connectivity index (χ0v) is 24.6. The van der Waals surface area contributed by atoms with Crippen molar-refractivity contribution >= 4 is 32.6 Å². The standard InChI is InChI=1S/C29H27F3N8O3S/c1-16(17-4-7-19(8-5-17)40-15-34-14-35-40)20-13-21(18-6-9-22(43-2)23(12-18)44(3,41)42)36-25-24(20)37-27(33)38-26(25)39-28(10-11-28)29(30,31)32/h4-9,12-16H,10-11H2,1-3H3,(H3,33,37,38,39)/t16-/m1/s1. The van der Waals surface area contributed by atoms with Gasteiger partial charge < -0.3 is 15.8 Å². The summed E-state index contributed by atoms with van der Waals surface area (Å²) in [6.07, 6.45) is -0.723. The molecule has 0 saturated heterocycles. The third-order valence-electron chi connectivity index (χ3n) is 7.75. The van der Waals surface area contributed by atoms with E-state index in [1.807, 2.05) is 31.2 Å². The Labute approximate surface area is 250 Å². The molecule has 228 valence electrons. The van der Waals surface area contributed by atoms with Gasteiger partial charge in [0.05, 0.1) is 18.5 Å². The van der Waals surface area contributed by atoms with Crippen LogP contribution in [-0.4, -0.2) is 63.2 Å². The Morgan fingerprint density at radius 2 is 1.77 bits per heavy atom. The second kappa shape index (κ2) is 10.4. The molecule has 1 aliphatic rings. The van der Waals surface area contributed by atoms with Crippen molar-refractivity contribution in [1.29, 1.82) is 0 Å². The Morgan fingerprint density at radius 3 is 2.36 bits per heavy atom. The molecule has 3 heterocycles. The van der Waals surface area contributed by atoms with Crippen LogP contribution in [0.5, 0.6) is 5.75 Å². The lowest BCUT2D eigenvalue weighted by Gasteiger charge is -2.23. The molecule has 15 heteroatoms. The van der Waals surface area contributed by atoms with Crippen LogP contribution >= 0.6 is 0 Å². The van der Waals surface area contributed by atoms with Gasteiger partial charge in [0, 0.05) is 17.7 Å². The first-order chi connectivity index (χ1) is 20.8. The van der Waals surface area contributed by atoms with Gasteiger partial charge in [-0.05, 0) is 60.4 Å². The van der Waals surface area contributed by atoms with Gasteiger partial charge in [0.1, 0.15) is 39.9 Å². The molecule has 0 spiro atoms.